The zero-order chi connectivity index (χ0) is 14.9. The molecule has 0 saturated heterocycles. The van der Waals surface area contributed by atoms with E-state index in [0.717, 1.165) is 5.52 Å². The molecule has 1 aromatic carbocycles. The van der Waals surface area contributed by atoms with Crippen molar-refractivity contribution in [3.63, 3.8) is 0 Å². The molecule has 0 fully saturated rings. The van der Waals surface area contributed by atoms with Crippen molar-refractivity contribution in [2.24, 2.45) is 0 Å². The Hall–Kier alpha value is -1.14. The molecule has 0 N–H and O–H groups in total. The molecule has 7 heteroatoms. The Balaban J connectivity index is 2.40. The summed E-state index contributed by atoms with van der Waals surface area (Å²) < 4.78 is 15.7. The van der Waals surface area contributed by atoms with Crippen LogP contribution in [0.4, 0.5) is 4.39 Å². The molecular formula is C13H14BrClFN3O. The molecule has 1 heterocycles. The van der Waals surface area contributed by atoms with Gasteiger partial charge in [0.1, 0.15) is 11.6 Å². The van der Waals surface area contributed by atoms with E-state index in [1.807, 2.05) is 4.57 Å². The second kappa shape index (κ2) is 6.10. The molecule has 0 aliphatic rings. The van der Waals surface area contributed by atoms with E-state index in [-0.39, 0.29) is 17.6 Å². The van der Waals surface area contributed by atoms with E-state index in [0.29, 0.717) is 28.8 Å². The predicted octanol–water partition coefficient (Wildman–Crippen LogP) is 3.16. The maximum Gasteiger partial charge on any atom is 0.223 e. The van der Waals surface area contributed by atoms with Crippen molar-refractivity contribution >= 4 is 44.5 Å². The zero-order valence-corrected chi connectivity index (χ0v) is 13.5. The second-order valence-corrected chi connectivity index (χ2v) is 5.73. The number of hydrogen-bond acceptors (Lipinski definition) is 2. The summed E-state index contributed by atoms with van der Waals surface area (Å²) in [4.78, 5) is 17.5. The van der Waals surface area contributed by atoms with Crippen molar-refractivity contribution < 1.29 is 9.18 Å². The number of carbonyl (C=O) groups excluding carboxylic acids is 1. The first-order chi connectivity index (χ1) is 9.43. The normalized spacial score (nSPS) is 11.1. The Morgan fingerprint density at radius 2 is 2.20 bits per heavy atom. The lowest BCUT2D eigenvalue weighted by Gasteiger charge is -2.12. The van der Waals surface area contributed by atoms with Crippen LogP contribution < -0.4 is 0 Å². The highest BCUT2D eigenvalue weighted by molar-refractivity contribution is 9.10. The van der Waals surface area contributed by atoms with Gasteiger partial charge in [0, 0.05) is 33.1 Å². The van der Waals surface area contributed by atoms with Gasteiger partial charge in [0.05, 0.1) is 21.4 Å². The third-order valence-electron chi connectivity index (χ3n) is 3.04. The predicted molar refractivity (Wildman–Crippen MR) is 80.3 cm³/mol. The molecule has 0 aliphatic carbocycles. The number of fused-ring (bicyclic) bond motifs is 1. The monoisotopic (exact) mass is 361 g/mol. The summed E-state index contributed by atoms with van der Waals surface area (Å²) in [5.41, 5.74) is 1.30. The van der Waals surface area contributed by atoms with E-state index in [4.69, 9.17) is 11.6 Å². The molecular weight excluding hydrogens is 349 g/mol. The maximum atomic E-state index is 13.5. The third-order valence-corrected chi connectivity index (χ3v) is 3.88. The minimum absolute atomic E-state index is 0.0218. The number of amides is 1. The van der Waals surface area contributed by atoms with Gasteiger partial charge in [-0.15, -0.1) is 11.6 Å². The largest absolute Gasteiger partial charge is 0.349 e. The van der Waals surface area contributed by atoms with Crippen LogP contribution in [-0.2, 0) is 17.2 Å². The number of carbonyl (C=O) groups is 1. The van der Waals surface area contributed by atoms with Crippen LogP contribution in [0.15, 0.2) is 16.6 Å². The van der Waals surface area contributed by atoms with Crippen LogP contribution in [0.2, 0.25) is 0 Å². The third kappa shape index (κ3) is 2.96. The number of aromatic nitrogens is 2. The minimum Gasteiger partial charge on any atom is -0.349 e. The molecule has 0 atom stereocenters. The summed E-state index contributed by atoms with van der Waals surface area (Å²) in [5.74, 6) is 0.497. The summed E-state index contributed by atoms with van der Waals surface area (Å²) in [6.07, 6.45) is 0.345. The quantitative estimate of drug-likeness (QED) is 0.784. The van der Waals surface area contributed by atoms with Gasteiger partial charge in [-0.05, 0) is 22.0 Å². The van der Waals surface area contributed by atoms with E-state index in [1.54, 1.807) is 20.2 Å². The van der Waals surface area contributed by atoms with Gasteiger partial charge in [0.2, 0.25) is 5.91 Å². The average molecular weight is 363 g/mol. The number of benzene rings is 1. The molecule has 0 aliphatic heterocycles. The highest BCUT2D eigenvalue weighted by Crippen LogP contribution is 2.25. The molecule has 0 radical (unpaired) electrons. The Labute approximate surface area is 129 Å². The number of alkyl halides is 1. The van der Waals surface area contributed by atoms with E-state index in [9.17, 15) is 9.18 Å². The molecule has 0 saturated carbocycles. The molecule has 108 valence electrons. The summed E-state index contributed by atoms with van der Waals surface area (Å²) >= 11 is 9.04. The highest BCUT2D eigenvalue weighted by atomic mass is 79.9. The van der Waals surface area contributed by atoms with Crippen LogP contribution in [0.3, 0.4) is 0 Å². The summed E-state index contributed by atoms with van der Waals surface area (Å²) in [6.45, 7) is 0.466. The fraction of sp³-hybridized carbons (Fsp3) is 0.385. The number of nitrogens with zero attached hydrogens (tertiary/aromatic N) is 3. The smallest absolute Gasteiger partial charge is 0.223 e. The molecule has 0 unspecified atom stereocenters. The van der Waals surface area contributed by atoms with Crippen LogP contribution in [-0.4, -0.2) is 34.5 Å². The second-order valence-electron chi connectivity index (χ2n) is 4.61. The molecule has 20 heavy (non-hydrogen) atoms. The van der Waals surface area contributed by atoms with Gasteiger partial charge in [-0.25, -0.2) is 9.37 Å². The number of imidazole rings is 1. The Bertz CT molecular complexity index is 657. The van der Waals surface area contributed by atoms with Crippen molar-refractivity contribution in [2.75, 3.05) is 14.1 Å². The molecule has 0 spiro atoms. The van der Waals surface area contributed by atoms with Gasteiger partial charge in [-0.3, -0.25) is 4.79 Å². The van der Waals surface area contributed by atoms with E-state index in [2.05, 4.69) is 20.9 Å². The van der Waals surface area contributed by atoms with Crippen LogP contribution >= 0.6 is 27.5 Å². The molecule has 0 bridgehead atoms. The number of hydrogen-bond donors (Lipinski definition) is 0. The first-order valence-corrected chi connectivity index (χ1v) is 7.37. The van der Waals surface area contributed by atoms with Crippen LogP contribution in [0.25, 0.3) is 11.0 Å². The van der Waals surface area contributed by atoms with E-state index in [1.165, 1.54) is 11.0 Å². The van der Waals surface area contributed by atoms with Gasteiger partial charge in [0.25, 0.3) is 0 Å². The minimum atomic E-state index is -0.368. The molecule has 2 rings (SSSR count). The Kier molecular flexibility index (Phi) is 4.65. The Morgan fingerprint density at radius 1 is 1.50 bits per heavy atom. The maximum absolute atomic E-state index is 13.5. The first-order valence-electron chi connectivity index (χ1n) is 6.04. The van der Waals surface area contributed by atoms with Gasteiger partial charge in [0.15, 0.2) is 0 Å². The fourth-order valence-corrected chi connectivity index (χ4v) is 2.49. The SMILES string of the molecule is CN(C)C(=O)CCn1c(CCl)nc2cc(F)c(Br)cc21. The number of aryl methyl sites for hydroxylation is 1. The molecule has 2 aromatic rings. The fourth-order valence-electron chi connectivity index (χ4n) is 1.95. The summed E-state index contributed by atoms with van der Waals surface area (Å²) in [6, 6.07) is 3.02. The van der Waals surface area contributed by atoms with E-state index >= 15 is 0 Å². The van der Waals surface area contributed by atoms with Crippen LogP contribution in [0, 0.1) is 5.82 Å². The molecule has 1 aromatic heterocycles. The van der Waals surface area contributed by atoms with Crippen molar-refractivity contribution in [1.82, 2.24) is 14.5 Å². The van der Waals surface area contributed by atoms with Gasteiger partial charge in [-0.2, -0.15) is 0 Å². The molecule has 4 nitrogen and oxygen atoms in total. The van der Waals surface area contributed by atoms with Crippen LogP contribution in [0.5, 0.6) is 0 Å². The van der Waals surface area contributed by atoms with Gasteiger partial charge in [-0.1, -0.05) is 0 Å². The molecule has 1 amide bonds. The average Bonchev–Trinajstić information content (AvgIpc) is 2.73. The summed E-state index contributed by atoms with van der Waals surface area (Å²) in [5, 5.41) is 0. The first kappa shape index (κ1) is 15.3. The lowest BCUT2D eigenvalue weighted by molar-refractivity contribution is -0.128. The standard InChI is InChI=1S/C13H14BrClFN3O/c1-18(2)13(20)3-4-19-11-5-8(14)9(16)6-10(11)17-12(19)7-15/h5-6H,3-4,7H2,1-2H3. The highest BCUT2D eigenvalue weighted by Gasteiger charge is 2.14. The van der Waals surface area contributed by atoms with Gasteiger partial charge < -0.3 is 9.47 Å². The number of rotatable bonds is 4. The summed E-state index contributed by atoms with van der Waals surface area (Å²) in [7, 11) is 3.42. The van der Waals surface area contributed by atoms with Crippen molar-refractivity contribution in [3.8, 4) is 0 Å². The van der Waals surface area contributed by atoms with Crippen molar-refractivity contribution in [3.05, 3.63) is 28.2 Å². The zero-order valence-electron chi connectivity index (χ0n) is 11.2. The Morgan fingerprint density at radius 3 is 2.80 bits per heavy atom. The topological polar surface area (TPSA) is 38.1 Å². The van der Waals surface area contributed by atoms with Crippen molar-refractivity contribution in [2.45, 2.75) is 18.8 Å². The lowest BCUT2D eigenvalue weighted by Crippen LogP contribution is -2.23. The van der Waals surface area contributed by atoms with E-state index < -0.39 is 0 Å². The number of halogens is 3. The van der Waals surface area contributed by atoms with Gasteiger partial charge >= 0.3 is 0 Å². The lowest BCUT2D eigenvalue weighted by atomic mass is 10.3. The van der Waals surface area contributed by atoms with Crippen molar-refractivity contribution in [1.29, 1.82) is 0 Å². The van der Waals surface area contributed by atoms with Crippen LogP contribution in [0.1, 0.15) is 12.2 Å².